The summed E-state index contributed by atoms with van der Waals surface area (Å²) >= 11 is 0. The van der Waals surface area contributed by atoms with E-state index in [1.807, 2.05) is 0 Å². The monoisotopic (exact) mass is 143 g/mol. The van der Waals surface area contributed by atoms with E-state index >= 15 is 0 Å². The van der Waals surface area contributed by atoms with Crippen molar-refractivity contribution in [2.24, 2.45) is 0 Å². The minimum Gasteiger partial charge on any atom is -0.382 e. The molecule has 0 rings (SSSR count). The van der Waals surface area contributed by atoms with Gasteiger partial charge in [0.2, 0.25) is 0 Å². The molecule has 0 bridgehead atoms. The average Bonchev–Trinajstić information content (AvgIpc) is 1.98. The van der Waals surface area contributed by atoms with Crippen LogP contribution in [0.3, 0.4) is 0 Å². The number of methoxy groups -OCH3 is 1. The standard InChI is InChI=1S/C9H19O/c1-4-5-6-7-8-9(2)10-3/h6,9H,4-5,7-8H2,1-3H3. The lowest BCUT2D eigenvalue weighted by Crippen LogP contribution is -2.03. The molecular weight excluding hydrogens is 124 g/mol. The molecule has 10 heavy (non-hydrogen) atoms. The Morgan fingerprint density at radius 3 is 2.60 bits per heavy atom. The summed E-state index contributed by atoms with van der Waals surface area (Å²) in [7, 11) is 1.77. The van der Waals surface area contributed by atoms with Crippen molar-refractivity contribution < 1.29 is 4.74 Å². The first-order valence-electron chi connectivity index (χ1n) is 4.15. The molecule has 0 aromatic carbocycles. The quantitative estimate of drug-likeness (QED) is 0.519. The zero-order valence-corrected chi connectivity index (χ0v) is 7.39. The van der Waals surface area contributed by atoms with Crippen LogP contribution in [0, 0.1) is 6.42 Å². The third-order valence-electron chi connectivity index (χ3n) is 1.67. The molecule has 0 aromatic heterocycles. The van der Waals surface area contributed by atoms with Crippen LogP contribution in [0.25, 0.3) is 0 Å². The minimum atomic E-state index is 0.424. The van der Waals surface area contributed by atoms with Crippen LogP contribution in [0.4, 0.5) is 0 Å². The Balaban J connectivity index is 2.89. The fourth-order valence-corrected chi connectivity index (χ4v) is 0.819. The van der Waals surface area contributed by atoms with E-state index in [2.05, 4.69) is 20.3 Å². The van der Waals surface area contributed by atoms with Gasteiger partial charge in [0, 0.05) is 7.11 Å². The maximum atomic E-state index is 5.11. The van der Waals surface area contributed by atoms with Crippen molar-refractivity contribution in [2.45, 2.75) is 45.6 Å². The van der Waals surface area contributed by atoms with Gasteiger partial charge < -0.3 is 4.74 Å². The third kappa shape index (κ3) is 6.09. The van der Waals surface area contributed by atoms with Crippen molar-refractivity contribution in [1.29, 1.82) is 0 Å². The third-order valence-corrected chi connectivity index (χ3v) is 1.67. The molecule has 1 nitrogen and oxygen atoms in total. The second-order valence-corrected chi connectivity index (χ2v) is 2.70. The Morgan fingerprint density at radius 1 is 1.40 bits per heavy atom. The van der Waals surface area contributed by atoms with Gasteiger partial charge in [0.05, 0.1) is 6.10 Å². The Kier molecular flexibility index (Phi) is 7.04. The van der Waals surface area contributed by atoms with E-state index in [-0.39, 0.29) is 0 Å². The number of rotatable bonds is 6. The first kappa shape index (κ1) is 9.96. The molecule has 0 aliphatic rings. The van der Waals surface area contributed by atoms with Crippen LogP contribution < -0.4 is 0 Å². The van der Waals surface area contributed by atoms with Crippen LogP contribution in [-0.4, -0.2) is 13.2 Å². The van der Waals surface area contributed by atoms with Crippen LogP contribution >= 0.6 is 0 Å². The van der Waals surface area contributed by atoms with Gasteiger partial charge >= 0.3 is 0 Å². The summed E-state index contributed by atoms with van der Waals surface area (Å²) in [6.07, 6.45) is 7.64. The summed E-state index contributed by atoms with van der Waals surface area (Å²) in [5, 5.41) is 0. The predicted molar refractivity (Wildman–Crippen MR) is 44.9 cm³/mol. The highest BCUT2D eigenvalue weighted by Crippen LogP contribution is 2.05. The molecule has 0 saturated carbocycles. The fraction of sp³-hybridized carbons (Fsp3) is 0.889. The summed E-state index contributed by atoms with van der Waals surface area (Å²) < 4.78 is 5.11. The summed E-state index contributed by atoms with van der Waals surface area (Å²) in [4.78, 5) is 0. The van der Waals surface area contributed by atoms with Crippen LogP contribution in [0.2, 0.25) is 0 Å². The molecular formula is C9H19O. The average molecular weight is 143 g/mol. The zero-order chi connectivity index (χ0) is 7.82. The molecule has 0 amide bonds. The van der Waals surface area contributed by atoms with Crippen LogP contribution in [0.15, 0.2) is 0 Å². The first-order chi connectivity index (χ1) is 4.81. The first-order valence-corrected chi connectivity index (χ1v) is 4.15. The number of ether oxygens (including phenoxy) is 1. The molecule has 0 aliphatic carbocycles. The molecule has 0 spiro atoms. The maximum absolute atomic E-state index is 5.11. The summed E-state index contributed by atoms with van der Waals surface area (Å²) in [6.45, 7) is 4.32. The van der Waals surface area contributed by atoms with E-state index in [0.717, 1.165) is 6.42 Å². The maximum Gasteiger partial charge on any atom is 0.0543 e. The smallest absolute Gasteiger partial charge is 0.0543 e. The number of hydrogen-bond acceptors (Lipinski definition) is 1. The highest BCUT2D eigenvalue weighted by Gasteiger charge is 1.97. The lowest BCUT2D eigenvalue weighted by Gasteiger charge is -2.07. The van der Waals surface area contributed by atoms with Gasteiger partial charge in [0.25, 0.3) is 0 Å². The topological polar surface area (TPSA) is 9.23 Å². The molecule has 1 atom stereocenters. The van der Waals surface area contributed by atoms with E-state index in [9.17, 15) is 0 Å². The van der Waals surface area contributed by atoms with Gasteiger partial charge in [-0.15, -0.1) is 0 Å². The van der Waals surface area contributed by atoms with E-state index < -0.39 is 0 Å². The van der Waals surface area contributed by atoms with Crippen LogP contribution in [-0.2, 0) is 4.74 Å². The normalized spacial score (nSPS) is 13.5. The minimum absolute atomic E-state index is 0.424. The van der Waals surface area contributed by atoms with Crippen molar-refractivity contribution in [2.75, 3.05) is 7.11 Å². The van der Waals surface area contributed by atoms with Gasteiger partial charge in [-0.05, 0) is 26.2 Å². The Labute approximate surface area is 64.8 Å². The van der Waals surface area contributed by atoms with Gasteiger partial charge in [-0.1, -0.05) is 19.8 Å². The molecule has 0 aliphatic heterocycles. The van der Waals surface area contributed by atoms with Crippen molar-refractivity contribution in [1.82, 2.24) is 0 Å². The van der Waals surface area contributed by atoms with Gasteiger partial charge in [-0.25, -0.2) is 0 Å². The second kappa shape index (κ2) is 7.07. The summed E-state index contributed by atoms with van der Waals surface area (Å²) in [5.74, 6) is 0. The summed E-state index contributed by atoms with van der Waals surface area (Å²) in [6, 6.07) is 0. The summed E-state index contributed by atoms with van der Waals surface area (Å²) in [5.41, 5.74) is 0. The van der Waals surface area contributed by atoms with Gasteiger partial charge in [0.15, 0.2) is 0 Å². The van der Waals surface area contributed by atoms with Crippen LogP contribution in [0.1, 0.15) is 39.5 Å². The van der Waals surface area contributed by atoms with Crippen molar-refractivity contribution in [3.8, 4) is 0 Å². The molecule has 0 fully saturated rings. The largest absolute Gasteiger partial charge is 0.382 e. The van der Waals surface area contributed by atoms with Crippen molar-refractivity contribution in [3.05, 3.63) is 6.42 Å². The Bertz CT molecular complexity index is 61.7. The molecule has 1 unspecified atom stereocenters. The lowest BCUT2D eigenvalue weighted by molar-refractivity contribution is 0.111. The molecule has 0 aromatic rings. The van der Waals surface area contributed by atoms with Crippen molar-refractivity contribution in [3.63, 3.8) is 0 Å². The molecule has 1 heteroatoms. The fourth-order valence-electron chi connectivity index (χ4n) is 0.819. The van der Waals surface area contributed by atoms with Gasteiger partial charge in [-0.3, -0.25) is 0 Å². The number of hydrogen-bond donors (Lipinski definition) is 0. The number of unbranched alkanes of at least 4 members (excludes halogenated alkanes) is 3. The lowest BCUT2D eigenvalue weighted by atomic mass is 10.1. The molecule has 61 valence electrons. The Morgan fingerprint density at radius 2 is 2.10 bits per heavy atom. The zero-order valence-electron chi connectivity index (χ0n) is 7.39. The molecule has 0 heterocycles. The van der Waals surface area contributed by atoms with E-state index in [1.165, 1.54) is 19.3 Å². The molecule has 1 radical (unpaired) electrons. The van der Waals surface area contributed by atoms with Crippen LogP contribution in [0.5, 0.6) is 0 Å². The molecule has 0 saturated heterocycles. The molecule has 0 N–H and O–H groups in total. The van der Waals surface area contributed by atoms with Crippen molar-refractivity contribution >= 4 is 0 Å². The highest BCUT2D eigenvalue weighted by molar-refractivity contribution is 4.65. The SMILES string of the molecule is CCC[CH]CCC(C)OC. The van der Waals surface area contributed by atoms with Gasteiger partial charge in [0.1, 0.15) is 0 Å². The second-order valence-electron chi connectivity index (χ2n) is 2.70. The predicted octanol–water partition coefficient (Wildman–Crippen LogP) is 2.81. The van der Waals surface area contributed by atoms with E-state index in [1.54, 1.807) is 7.11 Å². The highest BCUT2D eigenvalue weighted by atomic mass is 16.5. The van der Waals surface area contributed by atoms with E-state index in [0.29, 0.717) is 6.10 Å². The Hall–Kier alpha value is -0.0400. The van der Waals surface area contributed by atoms with E-state index in [4.69, 9.17) is 4.74 Å². The van der Waals surface area contributed by atoms with Gasteiger partial charge in [-0.2, -0.15) is 0 Å².